The average Bonchev–Trinajstić information content (AvgIpc) is 3.06. The molecule has 3 aromatic rings. The third-order valence-corrected chi connectivity index (χ3v) is 5.38. The maximum absolute atomic E-state index is 11.0. The molecule has 1 heterocycles. The number of hydrogen-bond donors (Lipinski definition) is 1. The van der Waals surface area contributed by atoms with Gasteiger partial charge in [0.05, 0.1) is 16.8 Å². The van der Waals surface area contributed by atoms with Gasteiger partial charge in [-0.15, -0.1) is 0 Å². The van der Waals surface area contributed by atoms with E-state index in [0.717, 1.165) is 24.1 Å². The predicted octanol–water partition coefficient (Wildman–Crippen LogP) is 6.08. The van der Waals surface area contributed by atoms with Gasteiger partial charge in [0.1, 0.15) is 5.02 Å². The van der Waals surface area contributed by atoms with Crippen LogP contribution in [0.1, 0.15) is 29.3 Å². The lowest BCUT2D eigenvalue weighted by molar-refractivity contribution is -0.384. The lowest BCUT2D eigenvalue weighted by Gasteiger charge is -2.01. The van der Waals surface area contributed by atoms with Crippen LogP contribution in [0.25, 0.3) is 11.3 Å². The van der Waals surface area contributed by atoms with Crippen molar-refractivity contribution in [3.05, 3.63) is 73.6 Å². The van der Waals surface area contributed by atoms with E-state index in [1.807, 2.05) is 0 Å². The van der Waals surface area contributed by atoms with Crippen LogP contribution in [-0.4, -0.2) is 16.1 Å². The molecule has 2 aromatic carbocycles. The van der Waals surface area contributed by atoms with Crippen molar-refractivity contribution >= 4 is 40.0 Å². The van der Waals surface area contributed by atoms with Crippen LogP contribution in [0, 0.1) is 17.0 Å². The molecule has 0 radical (unpaired) electrons. The van der Waals surface area contributed by atoms with E-state index in [2.05, 4.69) is 53.6 Å². The second-order valence-electron chi connectivity index (χ2n) is 6.24. The van der Waals surface area contributed by atoms with E-state index in [-0.39, 0.29) is 10.7 Å². The molecular formula is C20H19ClN4O2S. The molecule has 3 rings (SSSR count). The predicted molar refractivity (Wildman–Crippen MR) is 116 cm³/mol. The number of aryl methyl sites for hydroxylation is 2. The van der Waals surface area contributed by atoms with E-state index in [0.29, 0.717) is 10.7 Å². The summed E-state index contributed by atoms with van der Waals surface area (Å²) in [5.74, 6) is 0. The van der Waals surface area contributed by atoms with Crippen LogP contribution in [0.3, 0.4) is 0 Å². The molecule has 0 aliphatic rings. The minimum absolute atomic E-state index is 0.0991. The highest BCUT2D eigenvalue weighted by Gasteiger charge is 2.13. The van der Waals surface area contributed by atoms with Gasteiger partial charge in [0.25, 0.3) is 5.69 Å². The van der Waals surface area contributed by atoms with Gasteiger partial charge in [-0.05, 0) is 19.4 Å². The van der Waals surface area contributed by atoms with Gasteiger partial charge < -0.3 is 0 Å². The molecule has 0 atom stereocenters. The van der Waals surface area contributed by atoms with Gasteiger partial charge in [0.2, 0.25) is 5.13 Å². The fraction of sp³-hybridized carbons (Fsp3) is 0.200. The number of nitro benzene ring substituents is 1. The van der Waals surface area contributed by atoms with Crippen molar-refractivity contribution in [2.75, 3.05) is 5.43 Å². The largest absolute Gasteiger partial charge is 0.288 e. The smallest absolute Gasteiger partial charge is 0.258 e. The monoisotopic (exact) mass is 414 g/mol. The van der Waals surface area contributed by atoms with E-state index in [1.165, 1.54) is 28.8 Å². The van der Waals surface area contributed by atoms with Crippen molar-refractivity contribution in [2.45, 2.75) is 26.7 Å². The highest BCUT2D eigenvalue weighted by molar-refractivity contribution is 7.16. The molecular weight excluding hydrogens is 396 g/mol. The molecule has 1 N–H and O–H groups in total. The summed E-state index contributed by atoms with van der Waals surface area (Å²) in [5.41, 5.74) is 6.61. The Bertz CT molecular complexity index is 1020. The lowest BCUT2D eigenvalue weighted by Crippen LogP contribution is -1.93. The number of hydrazone groups is 1. The Kier molecular flexibility index (Phi) is 6.38. The van der Waals surface area contributed by atoms with Gasteiger partial charge in [-0.2, -0.15) is 5.10 Å². The molecule has 0 spiro atoms. The molecule has 0 saturated carbocycles. The van der Waals surface area contributed by atoms with Gasteiger partial charge in [-0.1, -0.05) is 72.2 Å². The van der Waals surface area contributed by atoms with Crippen molar-refractivity contribution in [1.29, 1.82) is 0 Å². The molecule has 0 bridgehead atoms. The molecule has 1 aromatic heterocycles. The Balaban J connectivity index is 1.80. The van der Waals surface area contributed by atoms with E-state index >= 15 is 0 Å². The summed E-state index contributed by atoms with van der Waals surface area (Å²) in [6.07, 6.45) is 3.48. The average molecular weight is 415 g/mol. The van der Waals surface area contributed by atoms with E-state index in [9.17, 15) is 10.1 Å². The first-order valence-corrected chi connectivity index (χ1v) is 9.97. The maximum atomic E-state index is 11.0. The highest BCUT2D eigenvalue weighted by atomic mass is 35.5. The van der Waals surface area contributed by atoms with Crippen molar-refractivity contribution < 1.29 is 4.92 Å². The van der Waals surface area contributed by atoms with E-state index in [1.54, 1.807) is 17.4 Å². The molecule has 0 aliphatic carbocycles. The number of hydrogen-bond acceptors (Lipinski definition) is 6. The summed E-state index contributed by atoms with van der Waals surface area (Å²) >= 11 is 7.39. The molecule has 0 fully saturated rings. The Morgan fingerprint density at radius 2 is 2.04 bits per heavy atom. The number of rotatable bonds is 7. The van der Waals surface area contributed by atoms with Crippen molar-refractivity contribution in [3.8, 4) is 11.3 Å². The van der Waals surface area contributed by atoms with Gasteiger partial charge in [0, 0.05) is 22.1 Å². The number of thiazole rings is 1. The lowest BCUT2D eigenvalue weighted by atomic mass is 10.1. The first-order chi connectivity index (χ1) is 13.5. The van der Waals surface area contributed by atoms with Crippen LogP contribution in [-0.2, 0) is 6.42 Å². The SMILES string of the molecule is CCCc1sc(N/N=C\c2ccc(Cl)c([N+](=O)[O-])c2)nc1-c1ccc(C)cc1. The molecule has 0 unspecified atom stereocenters. The second kappa shape index (κ2) is 8.95. The second-order valence-corrected chi connectivity index (χ2v) is 7.74. The van der Waals surface area contributed by atoms with Crippen LogP contribution in [0.2, 0.25) is 5.02 Å². The molecule has 6 nitrogen and oxygen atoms in total. The van der Waals surface area contributed by atoms with Gasteiger partial charge in [-0.25, -0.2) is 4.98 Å². The summed E-state index contributed by atoms with van der Waals surface area (Å²) in [5, 5.41) is 15.9. The quantitative estimate of drug-likeness (QED) is 0.288. The fourth-order valence-corrected chi connectivity index (χ4v) is 3.87. The van der Waals surface area contributed by atoms with Crippen LogP contribution in [0.4, 0.5) is 10.8 Å². The molecule has 0 saturated heterocycles. The number of anilines is 1. The first-order valence-electron chi connectivity index (χ1n) is 8.77. The number of aromatic nitrogens is 1. The van der Waals surface area contributed by atoms with Crippen molar-refractivity contribution in [3.63, 3.8) is 0 Å². The molecule has 8 heteroatoms. The number of nitrogens with zero attached hydrogens (tertiary/aromatic N) is 3. The van der Waals surface area contributed by atoms with E-state index in [4.69, 9.17) is 11.6 Å². The Morgan fingerprint density at radius 1 is 1.29 bits per heavy atom. The zero-order chi connectivity index (χ0) is 20.1. The first kappa shape index (κ1) is 20.0. The summed E-state index contributed by atoms with van der Waals surface area (Å²) in [6.45, 7) is 4.19. The normalized spacial score (nSPS) is 11.1. The Hall–Kier alpha value is -2.77. The van der Waals surface area contributed by atoms with Crippen molar-refractivity contribution in [2.24, 2.45) is 5.10 Å². The summed E-state index contributed by atoms with van der Waals surface area (Å²) in [7, 11) is 0. The van der Waals surface area contributed by atoms with Gasteiger partial charge >= 0.3 is 0 Å². The van der Waals surface area contributed by atoms with E-state index < -0.39 is 4.92 Å². The zero-order valence-electron chi connectivity index (χ0n) is 15.5. The van der Waals surface area contributed by atoms with Crippen molar-refractivity contribution in [1.82, 2.24) is 4.98 Å². The molecule has 144 valence electrons. The highest BCUT2D eigenvalue weighted by Crippen LogP contribution is 2.32. The van der Waals surface area contributed by atoms with Crippen LogP contribution in [0.15, 0.2) is 47.6 Å². The maximum Gasteiger partial charge on any atom is 0.288 e. The van der Waals surface area contributed by atoms with Crippen LogP contribution in [0.5, 0.6) is 0 Å². The van der Waals surface area contributed by atoms with Crippen LogP contribution >= 0.6 is 22.9 Å². The Morgan fingerprint density at radius 3 is 2.71 bits per heavy atom. The third kappa shape index (κ3) is 4.74. The number of nitro groups is 1. The number of halogens is 1. The summed E-state index contributed by atoms with van der Waals surface area (Å²) in [6, 6.07) is 12.8. The van der Waals surface area contributed by atoms with Gasteiger partial charge in [-0.3, -0.25) is 15.5 Å². The number of benzene rings is 2. The minimum Gasteiger partial charge on any atom is -0.258 e. The Labute approximate surface area is 172 Å². The van der Waals surface area contributed by atoms with Gasteiger partial charge in [0.15, 0.2) is 0 Å². The summed E-state index contributed by atoms with van der Waals surface area (Å²) in [4.78, 5) is 16.3. The van der Waals surface area contributed by atoms with Crippen LogP contribution < -0.4 is 5.43 Å². The summed E-state index contributed by atoms with van der Waals surface area (Å²) < 4.78 is 0. The zero-order valence-corrected chi connectivity index (χ0v) is 17.0. The molecule has 0 aliphatic heterocycles. The third-order valence-electron chi connectivity index (χ3n) is 4.04. The molecule has 28 heavy (non-hydrogen) atoms. The standard InChI is InChI=1S/C20H19ClN4O2S/c1-3-4-18-19(15-8-5-13(2)6-9-15)23-20(28-18)24-22-12-14-7-10-16(21)17(11-14)25(26)27/h5-12H,3-4H2,1-2H3,(H,23,24)/b22-12-. The molecule has 0 amide bonds. The number of nitrogens with one attached hydrogen (secondary N) is 1. The fourth-order valence-electron chi connectivity index (χ4n) is 2.64. The topological polar surface area (TPSA) is 80.4 Å². The minimum atomic E-state index is -0.515.